The Hall–Kier alpha value is -2.25. The third-order valence-corrected chi connectivity index (χ3v) is 13.6. The number of hydrogen-bond donors (Lipinski definition) is 5. The van der Waals surface area contributed by atoms with E-state index in [1.165, 1.54) is 32.9 Å². The van der Waals surface area contributed by atoms with Crippen LogP contribution in [0.3, 0.4) is 0 Å². The first-order valence-electron chi connectivity index (χ1n) is 21.7. The predicted molar refractivity (Wildman–Crippen MR) is 220 cm³/mol. The van der Waals surface area contributed by atoms with Gasteiger partial charge in [-0.2, -0.15) is 0 Å². The van der Waals surface area contributed by atoms with E-state index in [2.05, 4.69) is 26.8 Å². The second-order valence-electron chi connectivity index (χ2n) is 18.2. The summed E-state index contributed by atoms with van der Waals surface area (Å²) >= 11 is 0. The van der Waals surface area contributed by atoms with Gasteiger partial charge in [0.1, 0.15) is 17.5 Å². The van der Waals surface area contributed by atoms with Crippen LogP contribution in [0.1, 0.15) is 128 Å². The molecule has 0 saturated carbocycles. The van der Waals surface area contributed by atoms with E-state index in [1.807, 2.05) is 25.2 Å². The number of esters is 1. The number of Topliss-reactive ketones (excluding diaryl/α,β-unsaturated/α-hetero) is 2. The van der Waals surface area contributed by atoms with E-state index in [4.69, 9.17) is 14.2 Å². The zero-order valence-electron chi connectivity index (χ0n) is 36.5. The van der Waals surface area contributed by atoms with Crippen molar-refractivity contribution < 1.29 is 54.1 Å². The maximum atomic E-state index is 13.6. The average Bonchev–Trinajstić information content (AvgIpc) is 3.17. The third kappa shape index (κ3) is 12.0. The molecule has 3 aliphatic heterocycles. The fourth-order valence-electron chi connectivity index (χ4n) is 9.37. The first kappa shape index (κ1) is 49.1. The topological polar surface area (TPSA) is 180 Å². The first-order chi connectivity index (χ1) is 26.6. The Morgan fingerprint density at radius 3 is 2.09 bits per heavy atom. The van der Waals surface area contributed by atoms with Crippen molar-refractivity contribution in [2.45, 2.75) is 182 Å². The van der Waals surface area contributed by atoms with Crippen LogP contribution in [0.2, 0.25) is 0 Å². The van der Waals surface area contributed by atoms with Gasteiger partial charge in [-0.3, -0.25) is 9.59 Å². The zero-order valence-corrected chi connectivity index (χ0v) is 36.5. The molecule has 18 atom stereocenters. The standard InChI is InChI=1S/C46H76O11/c1-12-34-18-16-14-15-17-28(5)43(52)45(11,54)44(53)33(10)41(51)32(9)40(50)31(8)39(49)27(4)19-22-38(48)55-42-30(7)36(21-20-34)56-46(35(42)13-2)24-23-26(3)37(57-46)25-29(6)47/h14-16,18-19,22,26-37,39,41-43,47,49,51-52,54H,12-13,17,20-21,23-25H2,1-11H3/t26-,27-,28+,29+,30+,31-,32-,33-,34-,35-,36?,37-,39+,41+,42+,43-,45+,46?/m1/s1. The maximum Gasteiger partial charge on any atom is 0.330 e. The molecule has 326 valence electrons. The second-order valence-corrected chi connectivity index (χ2v) is 18.2. The van der Waals surface area contributed by atoms with Gasteiger partial charge in [0.15, 0.2) is 11.6 Å². The van der Waals surface area contributed by atoms with E-state index in [-0.39, 0.29) is 35.9 Å². The number of aliphatic hydroxyl groups excluding tert-OH is 4. The minimum absolute atomic E-state index is 0.163. The van der Waals surface area contributed by atoms with Gasteiger partial charge in [0, 0.05) is 42.1 Å². The van der Waals surface area contributed by atoms with Crippen LogP contribution in [0.25, 0.3) is 0 Å². The summed E-state index contributed by atoms with van der Waals surface area (Å²) in [5.41, 5.74) is -2.18. The molecule has 5 N–H and O–H groups in total. The van der Waals surface area contributed by atoms with Crippen LogP contribution >= 0.6 is 0 Å². The molecule has 3 aliphatic rings. The maximum absolute atomic E-state index is 13.6. The van der Waals surface area contributed by atoms with Crippen molar-refractivity contribution in [1.82, 2.24) is 0 Å². The average molecular weight is 805 g/mol. The summed E-state index contributed by atoms with van der Waals surface area (Å²) in [4.78, 5) is 40.7. The number of ether oxygens (including phenoxy) is 3. The lowest BCUT2D eigenvalue weighted by Crippen LogP contribution is -2.63. The largest absolute Gasteiger partial charge is 0.458 e. The van der Waals surface area contributed by atoms with Crippen molar-refractivity contribution in [1.29, 1.82) is 0 Å². The number of allylic oxidation sites excluding steroid dienone is 4. The quantitative estimate of drug-likeness (QED) is 0.202. The van der Waals surface area contributed by atoms with E-state index in [9.17, 15) is 39.9 Å². The SMILES string of the molecule is CC[C@@H]1C=CC=CC[C@H](C)[C@@H](O)[C@](C)(O)C(=O)[C@H](C)[C@@H](O)[C@H](C)C(=O)[C@H](C)[C@@H](O)[C@H](C)C=CC(=O)O[C@@H]2[C@@H](CC)C3(CC[C@@H](C)[C@@H](C[C@H](C)O)O3)OC(CC1)[C@@H]2C. The molecule has 11 nitrogen and oxygen atoms in total. The van der Waals surface area contributed by atoms with Crippen LogP contribution < -0.4 is 0 Å². The molecule has 0 amide bonds. The molecule has 0 aromatic carbocycles. The third-order valence-electron chi connectivity index (χ3n) is 13.6. The van der Waals surface area contributed by atoms with Crippen LogP contribution in [0.5, 0.6) is 0 Å². The van der Waals surface area contributed by atoms with Gasteiger partial charge in [-0.15, -0.1) is 0 Å². The Kier molecular flexibility index (Phi) is 18.4. The van der Waals surface area contributed by atoms with Crippen molar-refractivity contribution in [2.24, 2.45) is 53.3 Å². The van der Waals surface area contributed by atoms with Crippen molar-refractivity contribution in [3.8, 4) is 0 Å². The predicted octanol–water partition coefficient (Wildman–Crippen LogP) is 6.27. The molecule has 0 aromatic heterocycles. The smallest absolute Gasteiger partial charge is 0.330 e. The van der Waals surface area contributed by atoms with Crippen molar-refractivity contribution in [2.75, 3.05) is 0 Å². The zero-order chi connectivity index (χ0) is 43.0. The fourth-order valence-corrected chi connectivity index (χ4v) is 9.37. The van der Waals surface area contributed by atoms with Crippen LogP contribution in [-0.4, -0.2) is 97.2 Å². The number of ketones is 2. The van der Waals surface area contributed by atoms with E-state index in [0.29, 0.717) is 32.1 Å². The molecule has 3 rings (SSSR count). The highest BCUT2D eigenvalue weighted by Gasteiger charge is 2.57. The minimum Gasteiger partial charge on any atom is -0.458 e. The lowest BCUT2D eigenvalue weighted by Gasteiger charge is -2.56. The summed E-state index contributed by atoms with van der Waals surface area (Å²) in [5.74, 6) is -7.21. The molecule has 3 heterocycles. The van der Waals surface area contributed by atoms with Crippen LogP contribution in [0.4, 0.5) is 0 Å². The van der Waals surface area contributed by atoms with Gasteiger partial charge in [-0.05, 0) is 76.5 Å². The number of fused-ring (bicyclic) bond motifs is 2. The summed E-state index contributed by atoms with van der Waals surface area (Å²) in [6.07, 6.45) is 10.3. The molecular formula is C46H76O11. The second kappa shape index (κ2) is 21.3. The molecule has 0 aromatic rings. The molecule has 2 saturated heterocycles. The molecule has 2 unspecified atom stereocenters. The molecule has 0 aliphatic carbocycles. The lowest BCUT2D eigenvalue weighted by atomic mass is 9.73. The van der Waals surface area contributed by atoms with Crippen LogP contribution in [-0.2, 0) is 28.6 Å². The highest BCUT2D eigenvalue weighted by atomic mass is 16.7. The Balaban J connectivity index is 2.02. The molecule has 57 heavy (non-hydrogen) atoms. The van der Waals surface area contributed by atoms with E-state index < -0.39 is 89.0 Å². The van der Waals surface area contributed by atoms with Crippen LogP contribution in [0.15, 0.2) is 36.5 Å². The molecule has 0 radical (unpaired) electrons. The Bertz CT molecular complexity index is 1400. The number of aliphatic hydroxyl groups is 5. The Labute approximate surface area is 342 Å². The summed E-state index contributed by atoms with van der Waals surface area (Å²) in [5, 5.41) is 55.2. The number of carbonyl (C=O) groups is 3. The number of hydrogen-bond acceptors (Lipinski definition) is 11. The monoisotopic (exact) mass is 805 g/mol. The number of rotatable bonds is 4. The van der Waals surface area contributed by atoms with E-state index in [1.54, 1.807) is 27.7 Å². The summed E-state index contributed by atoms with van der Waals surface area (Å²) in [6.45, 7) is 19.2. The summed E-state index contributed by atoms with van der Waals surface area (Å²) in [7, 11) is 0. The fraction of sp³-hybridized carbons (Fsp3) is 0.804. The van der Waals surface area contributed by atoms with E-state index in [0.717, 1.165) is 19.3 Å². The molecular weight excluding hydrogens is 728 g/mol. The molecule has 2 fully saturated rings. The van der Waals surface area contributed by atoms with Crippen molar-refractivity contribution in [3.63, 3.8) is 0 Å². The first-order valence-corrected chi connectivity index (χ1v) is 21.7. The molecule has 1 spiro atoms. The highest BCUT2D eigenvalue weighted by Crippen LogP contribution is 2.50. The van der Waals surface area contributed by atoms with Gasteiger partial charge in [0.2, 0.25) is 0 Å². The molecule has 2 bridgehead atoms. The van der Waals surface area contributed by atoms with E-state index >= 15 is 0 Å². The van der Waals surface area contributed by atoms with Crippen LogP contribution in [0, 0.1) is 53.3 Å². The Morgan fingerprint density at radius 1 is 0.825 bits per heavy atom. The summed E-state index contributed by atoms with van der Waals surface area (Å²) in [6, 6.07) is 0. The van der Waals surface area contributed by atoms with Crippen molar-refractivity contribution in [3.05, 3.63) is 36.5 Å². The van der Waals surface area contributed by atoms with Gasteiger partial charge in [0.05, 0.1) is 42.5 Å². The number of carbonyl (C=O) groups excluding carboxylic acids is 3. The van der Waals surface area contributed by atoms with Crippen molar-refractivity contribution >= 4 is 17.5 Å². The highest BCUT2D eigenvalue weighted by molar-refractivity contribution is 5.91. The van der Waals surface area contributed by atoms with Gasteiger partial charge in [-0.1, -0.05) is 92.7 Å². The van der Waals surface area contributed by atoms with Gasteiger partial charge >= 0.3 is 5.97 Å². The minimum atomic E-state index is -2.18. The van der Waals surface area contributed by atoms with Gasteiger partial charge < -0.3 is 39.7 Å². The lowest BCUT2D eigenvalue weighted by molar-refractivity contribution is -0.374. The molecule has 11 heteroatoms. The van der Waals surface area contributed by atoms with Gasteiger partial charge in [0.25, 0.3) is 0 Å². The Morgan fingerprint density at radius 2 is 1.47 bits per heavy atom. The van der Waals surface area contributed by atoms with Gasteiger partial charge in [-0.25, -0.2) is 4.79 Å². The normalized spacial score (nSPS) is 44.5. The summed E-state index contributed by atoms with van der Waals surface area (Å²) < 4.78 is 20.3.